The zero-order valence-electron chi connectivity index (χ0n) is 9.20. The Hall–Kier alpha value is -0.820. The van der Waals surface area contributed by atoms with Gasteiger partial charge in [0.1, 0.15) is 0 Å². The van der Waals surface area contributed by atoms with E-state index in [1.165, 1.54) is 29.3 Å². The average molecular weight is 275 g/mol. The molecule has 2 aliphatic carbocycles. The van der Waals surface area contributed by atoms with Crippen LogP contribution in [0.4, 0.5) is 0 Å². The molecule has 0 amide bonds. The summed E-state index contributed by atoms with van der Waals surface area (Å²) in [5.41, 5.74) is 3.16. The Kier molecular flexibility index (Phi) is 2.72. The zero-order valence-corrected chi connectivity index (χ0v) is 10.8. The van der Waals surface area contributed by atoms with Crippen molar-refractivity contribution < 1.29 is 0 Å². The third kappa shape index (κ3) is 1.89. The highest BCUT2D eigenvalue weighted by molar-refractivity contribution is 9.10. The van der Waals surface area contributed by atoms with E-state index >= 15 is 0 Å². The molecule has 16 heavy (non-hydrogen) atoms. The predicted molar refractivity (Wildman–Crippen MR) is 71.4 cm³/mol. The lowest BCUT2D eigenvalue weighted by Crippen LogP contribution is -1.97. The molecule has 2 unspecified atom stereocenters. The maximum atomic E-state index is 3.49. The molecule has 1 fully saturated rings. The van der Waals surface area contributed by atoms with Gasteiger partial charge in [0.25, 0.3) is 0 Å². The fraction of sp³-hybridized carbons (Fsp3) is 0.333. The summed E-state index contributed by atoms with van der Waals surface area (Å²) in [4.78, 5) is 0. The van der Waals surface area contributed by atoms with Gasteiger partial charge in [-0.05, 0) is 48.8 Å². The molecule has 2 atom stereocenters. The average Bonchev–Trinajstić information content (AvgIpc) is 2.73. The van der Waals surface area contributed by atoms with E-state index in [4.69, 9.17) is 0 Å². The van der Waals surface area contributed by atoms with Crippen LogP contribution in [0.15, 0.2) is 52.5 Å². The van der Waals surface area contributed by atoms with Crippen molar-refractivity contribution in [2.45, 2.75) is 25.2 Å². The monoisotopic (exact) mass is 274 g/mol. The molecule has 82 valence electrons. The number of hydrogen-bond acceptors (Lipinski definition) is 0. The van der Waals surface area contributed by atoms with E-state index in [9.17, 15) is 0 Å². The fourth-order valence-electron chi connectivity index (χ4n) is 2.90. The van der Waals surface area contributed by atoms with Crippen LogP contribution in [0, 0.1) is 5.92 Å². The van der Waals surface area contributed by atoms with Gasteiger partial charge in [-0.25, -0.2) is 0 Å². The van der Waals surface area contributed by atoms with Gasteiger partial charge in [-0.1, -0.05) is 51.9 Å². The Labute approximate surface area is 105 Å². The largest absolute Gasteiger partial charge is 0.0839 e. The highest BCUT2D eigenvalue weighted by atomic mass is 79.9. The van der Waals surface area contributed by atoms with Gasteiger partial charge in [0.15, 0.2) is 0 Å². The molecule has 0 bridgehead atoms. The van der Waals surface area contributed by atoms with Crippen molar-refractivity contribution in [3.05, 3.63) is 58.1 Å². The maximum absolute atomic E-state index is 3.49. The van der Waals surface area contributed by atoms with Crippen molar-refractivity contribution in [3.63, 3.8) is 0 Å². The van der Waals surface area contributed by atoms with Gasteiger partial charge >= 0.3 is 0 Å². The minimum Gasteiger partial charge on any atom is -0.0839 e. The highest BCUT2D eigenvalue weighted by Gasteiger charge is 2.29. The first-order valence-electron chi connectivity index (χ1n) is 5.94. The van der Waals surface area contributed by atoms with Gasteiger partial charge in [0.05, 0.1) is 0 Å². The van der Waals surface area contributed by atoms with Crippen molar-refractivity contribution in [3.8, 4) is 0 Å². The quantitative estimate of drug-likeness (QED) is 0.688. The second kappa shape index (κ2) is 4.21. The van der Waals surface area contributed by atoms with Gasteiger partial charge < -0.3 is 0 Å². The topological polar surface area (TPSA) is 0 Å². The van der Waals surface area contributed by atoms with E-state index in [2.05, 4.69) is 58.4 Å². The van der Waals surface area contributed by atoms with E-state index in [1.54, 1.807) is 5.57 Å². The Bertz CT molecular complexity index is 439. The lowest BCUT2D eigenvalue weighted by molar-refractivity contribution is 0.594. The Balaban J connectivity index is 1.81. The Morgan fingerprint density at radius 2 is 1.88 bits per heavy atom. The molecule has 1 saturated carbocycles. The summed E-state index contributed by atoms with van der Waals surface area (Å²) in [6.45, 7) is 0. The first-order valence-corrected chi connectivity index (χ1v) is 6.73. The molecule has 1 aromatic carbocycles. The Morgan fingerprint density at radius 3 is 2.62 bits per heavy atom. The van der Waals surface area contributed by atoms with Crippen molar-refractivity contribution in [2.75, 3.05) is 0 Å². The fourth-order valence-corrected chi connectivity index (χ4v) is 3.17. The second-order valence-electron chi connectivity index (χ2n) is 4.79. The van der Waals surface area contributed by atoms with Crippen LogP contribution in [0.25, 0.3) is 0 Å². The zero-order chi connectivity index (χ0) is 11.0. The van der Waals surface area contributed by atoms with Gasteiger partial charge in [0.2, 0.25) is 0 Å². The normalized spacial score (nSPS) is 27.7. The van der Waals surface area contributed by atoms with Crippen molar-refractivity contribution >= 4 is 15.9 Å². The van der Waals surface area contributed by atoms with Crippen molar-refractivity contribution in [1.82, 2.24) is 0 Å². The number of benzene rings is 1. The van der Waals surface area contributed by atoms with Gasteiger partial charge in [-0.15, -0.1) is 0 Å². The van der Waals surface area contributed by atoms with Crippen LogP contribution in [0.5, 0.6) is 0 Å². The minimum absolute atomic E-state index is 0.740. The van der Waals surface area contributed by atoms with Crippen molar-refractivity contribution in [1.29, 1.82) is 0 Å². The van der Waals surface area contributed by atoms with E-state index in [0.717, 1.165) is 11.8 Å². The summed E-state index contributed by atoms with van der Waals surface area (Å²) >= 11 is 3.49. The molecule has 0 radical (unpaired) electrons. The molecule has 0 nitrogen and oxygen atoms in total. The Morgan fingerprint density at radius 1 is 1.06 bits per heavy atom. The molecular formula is C15H15Br. The van der Waals surface area contributed by atoms with Gasteiger partial charge in [-0.2, -0.15) is 0 Å². The maximum Gasteiger partial charge on any atom is 0.0175 e. The lowest BCUT2D eigenvalue weighted by Gasteiger charge is -2.11. The number of hydrogen-bond donors (Lipinski definition) is 0. The third-order valence-electron chi connectivity index (χ3n) is 3.78. The number of rotatable bonds is 1. The molecule has 0 heterocycles. The SMILES string of the molecule is Brc1ccc(C2CC3=CC=CCC3C2)cc1. The van der Waals surface area contributed by atoms with E-state index < -0.39 is 0 Å². The summed E-state index contributed by atoms with van der Waals surface area (Å²) in [5, 5.41) is 0. The van der Waals surface area contributed by atoms with Gasteiger partial charge in [-0.3, -0.25) is 0 Å². The van der Waals surface area contributed by atoms with E-state index in [-0.39, 0.29) is 0 Å². The lowest BCUT2D eigenvalue weighted by atomic mass is 9.94. The summed E-state index contributed by atoms with van der Waals surface area (Å²) in [7, 11) is 0. The predicted octanol–water partition coefficient (Wildman–Crippen LogP) is 4.83. The molecule has 0 saturated heterocycles. The van der Waals surface area contributed by atoms with Crippen LogP contribution in [0.3, 0.4) is 0 Å². The summed E-state index contributed by atoms with van der Waals surface area (Å²) in [6, 6.07) is 8.84. The summed E-state index contributed by atoms with van der Waals surface area (Å²) < 4.78 is 1.17. The van der Waals surface area contributed by atoms with Crippen LogP contribution >= 0.6 is 15.9 Å². The summed E-state index contributed by atoms with van der Waals surface area (Å²) in [6.07, 6.45) is 10.7. The smallest absolute Gasteiger partial charge is 0.0175 e. The highest BCUT2D eigenvalue weighted by Crippen LogP contribution is 2.45. The van der Waals surface area contributed by atoms with Gasteiger partial charge in [0, 0.05) is 4.47 Å². The van der Waals surface area contributed by atoms with Crippen LogP contribution in [-0.4, -0.2) is 0 Å². The standard InChI is InChI=1S/C15H15Br/c16-15-7-5-11(6-8-15)14-9-12-3-1-2-4-13(12)10-14/h1-3,5-8,13-14H,4,9-10H2. The third-order valence-corrected chi connectivity index (χ3v) is 4.31. The number of fused-ring (bicyclic) bond motifs is 1. The summed E-state index contributed by atoms with van der Waals surface area (Å²) in [5.74, 6) is 1.56. The molecule has 1 heteroatoms. The van der Waals surface area contributed by atoms with E-state index in [0.29, 0.717) is 0 Å². The molecule has 1 aromatic rings. The van der Waals surface area contributed by atoms with Crippen LogP contribution in [-0.2, 0) is 0 Å². The minimum atomic E-state index is 0.740. The molecular weight excluding hydrogens is 260 g/mol. The first kappa shape index (κ1) is 10.3. The van der Waals surface area contributed by atoms with Crippen LogP contribution < -0.4 is 0 Å². The molecule has 0 N–H and O–H groups in total. The number of allylic oxidation sites excluding steroid dienone is 4. The number of halogens is 1. The molecule has 2 aliphatic rings. The van der Waals surface area contributed by atoms with Crippen molar-refractivity contribution in [2.24, 2.45) is 5.92 Å². The van der Waals surface area contributed by atoms with E-state index in [1.807, 2.05) is 0 Å². The van der Waals surface area contributed by atoms with Crippen LogP contribution in [0.2, 0.25) is 0 Å². The molecule has 3 rings (SSSR count). The second-order valence-corrected chi connectivity index (χ2v) is 5.71. The molecule has 0 aromatic heterocycles. The molecule has 0 spiro atoms. The molecule has 0 aliphatic heterocycles. The first-order chi connectivity index (χ1) is 7.83. The van der Waals surface area contributed by atoms with Crippen LogP contribution in [0.1, 0.15) is 30.7 Å².